The molecule has 146 valence electrons. The number of para-hydroxylation sites is 1. The molecule has 6 nitrogen and oxygen atoms in total. The fourth-order valence-electron chi connectivity index (χ4n) is 3.19. The first-order chi connectivity index (χ1) is 13.5. The number of methoxy groups -OCH3 is 1. The molecule has 0 spiro atoms. The Labute approximate surface area is 164 Å². The number of benzene rings is 2. The predicted octanol–water partition coefficient (Wildman–Crippen LogP) is 3.84. The molecular weight excluding hydrogens is 354 g/mol. The summed E-state index contributed by atoms with van der Waals surface area (Å²) in [7, 11) is 4.92. The van der Waals surface area contributed by atoms with Crippen molar-refractivity contribution >= 4 is 28.4 Å². The van der Waals surface area contributed by atoms with Crippen LogP contribution in [0.2, 0.25) is 0 Å². The van der Waals surface area contributed by atoms with Crippen LogP contribution in [0.4, 0.5) is 5.69 Å². The van der Waals surface area contributed by atoms with Crippen LogP contribution in [0.25, 0.3) is 10.9 Å². The van der Waals surface area contributed by atoms with Crippen LogP contribution in [0.15, 0.2) is 48.7 Å². The molecule has 0 unspecified atom stereocenters. The van der Waals surface area contributed by atoms with E-state index in [-0.39, 0.29) is 11.8 Å². The Morgan fingerprint density at radius 1 is 1.14 bits per heavy atom. The highest BCUT2D eigenvalue weighted by Gasteiger charge is 2.14. The van der Waals surface area contributed by atoms with Crippen molar-refractivity contribution in [2.24, 2.45) is 0 Å². The Kier molecular flexibility index (Phi) is 5.99. The molecule has 3 aromatic rings. The van der Waals surface area contributed by atoms with Crippen LogP contribution in [0.3, 0.4) is 0 Å². The van der Waals surface area contributed by atoms with E-state index in [2.05, 4.69) is 16.4 Å². The maximum absolute atomic E-state index is 12.4. The summed E-state index contributed by atoms with van der Waals surface area (Å²) in [5, 5.41) is 4.06. The van der Waals surface area contributed by atoms with Crippen molar-refractivity contribution in [1.29, 1.82) is 0 Å². The van der Waals surface area contributed by atoms with Crippen molar-refractivity contribution in [3.8, 4) is 5.75 Å². The summed E-state index contributed by atoms with van der Waals surface area (Å²) < 4.78 is 5.31. The molecule has 1 aromatic heterocycles. The third-order valence-electron chi connectivity index (χ3n) is 4.65. The average Bonchev–Trinajstić information content (AvgIpc) is 3.10. The second-order valence-corrected chi connectivity index (χ2v) is 6.88. The highest BCUT2D eigenvalue weighted by molar-refractivity contribution is 5.98. The number of aryl methyl sites for hydroxylation is 1. The Bertz CT molecular complexity index is 992. The third kappa shape index (κ3) is 4.34. The topological polar surface area (TPSA) is 74.4 Å². The molecule has 2 N–H and O–H groups in total. The lowest BCUT2D eigenvalue weighted by Gasteiger charge is -2.14. The van der Waals surface area contributed by atoms with Gasteiger partial charge in [-0.15, -0.1) is 0 Å². The number of nitrogens with one attached hydrogen (secondary N) is 2. The summed E-state index contributed by atoms with van der Waals surface area (Å²) in [6, 6.07) is 13.2. The Morgan fingerprint density at radius 2 is 1.93 bits per heavy atom. The number of nitrogens with zero attached hydrogens (tertiary/aromatic N) is 1. The van der Waals surface area contributed by atoms with Crippen LogP contribution >= 0.6 is 0 Å². The van der Waals surface area contributed by atoms with E-state index in [1.165, 1.54) is 23.0 Å². The smallest absolute Gasteiger partial charge is 0.253 e. The summed E-state index contributed by atoms with van der Waals surface area (Å²) >= 11 is 0. The molecular formula is C22H25N3O3. The monoisotopic (exact) mass is 379 g/mol. The number of hydrogen-bond donors (Lipinski definition) is 2. The second kappa shape index (κ2) is 8.61. The molecule has 0 atom stereocenters. The first kappa shape index (κ1) is 19.5. The van der Waals surface area contributed by atoms with Crippen LogP contribution in [-0.2, 0) is 11.2 Å². The minimum atomic E-state index is -0.127. The molecule has 0 saturated carbocycles. The van der Waals surface area contributed by atoms with Gasteiger partial charge in [-0.1, -0.05) is 18.2 Å². The van der Waals surface area contributed by atoms with E-state index in [4.69, 9.17) is 4.74 Å². The summed E-state index contributed by atoms with van der Waals surface area (Å²) in [5.74, 6) is 0.297. The fraction of sp³-hybridized carbons (Fsp3) is 0.273. The molecule has 3 rings (SSSR count). The third-order valence-corrected chi connectivity index (χ3v) is 4.65. The van der Waals surface area contributed by atoms with Gasteiger partial charge in [-0.2, -0.15) is 0 Å². The van der Waals surface area contributed by atoms with E-state index >= 15 is 0 Å². The largest absolute Gasteiger partial charge is 0.495 e. The zero-order chi connectivity index (χ0) is 20.1. The van der Waals surface area contributed by atoms with Crippen molar-refractivity contribution in [3.63, 3.8) is 0 Å². The molecule has 0 aliphatic rings. The van der Waals surface area contributed by atoms with Gasteiger partial charge in [0.25, 0.3) is 5.91 Å². The van der Waals surface area contributed by atoms with Gasteiger partial charge in [-0.05, 0) is 42.7 Å². The number of rotatable bonds is 7. The standard InChI is InChI=1S/C22H25N3O3/c1-25(2)22(27)15-11-12-20(28-3)19(13-15)24-21(26)10-6-7-16-14-23-18-9-5-4-8-17(16)18/h4-5,8-9,11-14,23H,6-7,10H2,1-3H3,(H,24,26). The Hall–Kier alpha value is -3.28. The minimum Gasteiger partial charge on any atom is -0.495 e. The van der Waals surface area contributed by atoms with Crippen molar-refractivity contribution in [2.45, 2.75) is 19.3 Å². The molecule has 0 aliphatic heterocycles. The predicted molar refractivity (Wildman–Crippen MR) is 111 cm³/mol. The zero-order valence-corrected chi connectivity index (χ0v) is 16.4. The molecule has 1 heterocycles. The van der Waals surface area contributed by atoms with E-state index < -0.39 is 0 Å². The first-order valence-electron chi connectivity index (χ1n) is 9.24. The highest BCUT2D eigenvalue weighted by Crippen LogP contribution is 2.26. The SMILES string of the molecule is COc1ccc(C(=O)N(C)C)cc1NC(=O)CCCc1c[nH]c2ccccc12. The van der Waals surface area contributed by atoms with E-state index in [1.807, 2.05) is 24.4 Å². The number of anilines is 1. The summed E-state index contributed by atoms with van der Waals surface area (Å²) in [6.07, 6.45) is 3.93. The zero-order valence-electron chi connectivity index (χ0n) is 16.4. The van der Waals surface area contributed by atoms with E-state index in [0.717, 1.165) is 18.4 Å². The number of aromatic nitrogens is 1. The number of amides is 2. The van der Waals surface area contributed by atoms with E-state index in [0.29, 0.717) is 23.4 Å². The lowest BCUT2D eigenvalue weighted by molar-refractivity contribution is -0.116. The van der Waals surface area contributed by atoms with Gasteiger partial charge in [0.05, 0.1) is 12.8 Å². The van der Waals surface area contributed by atoms with Gasteiger partial charge < -0.3 is 19.9 Å². The van der Waals surface area contributed by atoms with Gasteiger partial charge in [-0.25, -0.2) is 0 Å². The maximum Gasteiger partial charge on any atom is 0.253 e. The molecule has 2 amide bonds. The number of H-pyrrole nitrogens is 1. The number of carbonyl (C=O) groups is 2. The minimum absolute atomic E-state index is 0.104. The van der Waals surface area contributed by atoms with Crippen LogP contribution in [0.5, 0.6) is 5.75 Å². The van der Waals surface area contributed by atoms with Crippen LogP contribution in [-0.4, -0.2) is 42.9 Å². The van der Waals surface area contributed by atoms with Gasteiger partial charge in [-0.3, -0.25) is 9.59 Å². The van der Waals surface area contributed by atoms with Crippen LogP contribution in [0, 0.1) is 0 Å². The number of carbonyl (C=O) groups excluding carboxylic acids is 2. The maximum atomic E-state index is 12.4. The van der Waals surface area contributed by atoms with Gasteiger partial charge >= 0.3 is 0 Å². The van der Waals surface area contributed by atoms with Crippen LogP contribution in [0.1, 0.15) is 28.8 Å². The molecule has 0 fully saturated rings. The van der Waals surface area contributed by atoms with E-state index in [1.54, 1.807) is 32.3 Å². The lowest BCUT2D eigenvalue weighted by atomic mass is 10.1. The van der Waals surface area contributed by atoms with Gasteiger partial charge in [0.15, 0.2) is 0 Å². The first-order valence-corrected chi connectivity index (χ1v) is 9.24. The normalized spacial score (nSPS) is 10.7. The summed E-state index contributed by atoms with van der Waals surface area (Å²) in [6.45, 7) is 0. The number of ether oxygens (including phenoxy) is 1. The molecule has 0 aliphatic carbocycles. The Morgan fingerprint density at radius 3 is 2.68 bits per heavy atom. The van der Waals surface area contributed by atoms with Crippen molar-refractivity contribution < 1.29 is 14.3 Å². The molecule has 28 heavy (non-hydrogen) atoms. The van der Waals surface area contributed by atoms with Crippen LogP contribution < -0.4 is 10.1 Å². The Balaban J connectivity index is 1.62. The summed E-state index contributed by atoms with van der Waals surface area (Å²) in [4.78, 5) is 29.3. The molecule has 6 heteroatoms. The molecule has 0 bridgehead atoms. The van der Waals surface area contributed by atoms with E-state index in [9.17, 15) is 9.59 Å². The summed E-state index contributed by atoms with van der Waals surface area (Å²) in [5.41, 5.74) is 3.32. The quantitative estimate of drug-likeness (QED) is 0.655. The highest BCUT2D eigenvalue weighted by atomic mass is 16.5. The van der Waals surface area contributed by atoms with Crippen molar-refractivity contribution in [3.05, 3.63) is 59.8 Å². The number of fused-ring (bicyclic) bond motifs is 1. The van der Waals surface area contributed by atoms with Crippen molar-refractivity contribution in [2.75, 3.05) is 26.5 Å². The number of aromatic amines is 1. The lowest BCUT2D eigenvalue weighted by Crippen LogP contribution is -2.22. The van der Waals surface area contributed by atoms with Crippen molar-refractivity contribution in [1.82, 2.24) is 9.88 Å². The molecule has 2 aromatic carbocycles. The number of hydrogen-bond acceptors (Lipinski definition) is 3. The average molecular weight is 379 g/mol. The van der Waals surface area contributed by atoms with Gasteiger partial charge in [0.1, 0.15) is 5.75 Å². The fourth-order valence-corrected chi connectivity index (χ4v) is 3.19. The second-order valence-electron chi connectivity index (χ2n) is 6.88. The molecule has 0 saturated heterocycles. The molecule has 0 radical (unpaired) electrons. The van der Waals surface area contributed by atoms with Gasteiger partial charge in [0.2, 0.25) is 5.91 Å². The van der Waals surface area contributed by atoms with Gasteiger partial charge in [0, 0.05) is 43.2 Å².